The smallest absolute Gasteiger partial charge is 0.189 e. The van der Waals surface area contributed by atoms with E-state index in [9.17, 15) is 4.79 Å². The van der Waals surface area contributed by atoms with Crippen molar-refractivity contribution >= 4 is 5.78 Å². The number of hydrogen-bond donors (Lipinski definition) is 0. The van der Waals surface area contributed by atoms with Gasteiger partial charge in [-0.15, -0.1) is 0 Å². The highest BCUT2D eigenvalue weighted by Crippen LogP contribution is 2.33. The SMILES string of the molecule is C=C(C)C(=O)C1(OCC)CCCCCC1. The summed E-state index contributed by atoms with van der Waals surface area (Å²) >= 11 is 0. The summed E-state index contributed by atoms with van der Waals surface area (Å²) in [5, 5.41) is 0. The highest BCUT2D eigenvalue weighted by Gasteiger charge is 2.38. The Kier molecular flexibility index (Phi) is 4.52. The lowest BCUT2D eigenvalue weighted by Crippen LogP contribution is -2.41. The van der Waals surface area contributed by atoms with Crippen molar-refractivity contribution in [3.63, 3.8) is 0 Å². The van der Waals surface area contributed by atoms with Gasteiger partial charge in [0.25, 0.3) is 0 Å². The van der Waals surface area contributed by atoms with Gasteiger partial charge in [0.1, 0.15) is 5.60 Å². The molecule has 0 saturated heterocycles. The van der Waals surface area contributed by atoms with Gasteiger partial charge in [0, 0.05) is 6.61 Å². The topological polar surface area (TPSA) is 26.3 Å². The van der Waals surface area contributed by atoms with E-state index in [0.29, 0.717) is 12.2 Å². The summed E-state index contributed by atoms with van der Waals surface area (Å²) in [5.74, 6) is 0.117. The van der Waals surface area contributed by atoms with Crippen molar-refractivity contribution in [3.05, 3.63) is 12.2 Å². The highest BCUT2D eigenvalue weighted by molar-refractivity contribution is 6.00. The van der Waals surface area contributed by atoms with E-state index in [1.807, 2.05) is 6.92 Å². The molecule has 15 heavy (non-hydrogen) atoms. The van der Waals surface area contributed by atoms with Crippen molar-refractivity contribution in [2.45, 2.75) is 58.0 Å². The quantitative estimate of drug-likeness (QED) is 0.526. The summed E-state index contributed by atoms with van der Waals surface area (Å²) < 4.78 is 5.76. The van der Waals surface area contributed by atoms with E-state index < -0.39 is 5.60 Å². The van der Waals surface area contributed by atoms with Gasteiger partial charge >= 0.3 is 0 Å². The molecule has 0 aromatic heterocycles. The van der Waals surface area contributed by atoms with Crippen LogP contribution in [0.4, 0.5) is 0 Å². The molecule has 0 bridgehead atoms. The zero-order chi connectivity index (χ0) is 11.3. The van der Waals surface area contributed by atoms with E-state index in [0.717, 1.165) is 25.7 Å². The Morgan fingerprint density at radius 3 is 2.20 bits per heavy atom. The van der Waals surface area contributed by atoms with Crippen LogP contribution in [0, 0.1) is 0 Å². The average Bonchev–Trinajstić information content (AvgIpc) is 2.44. The molecule has 1 rings (SSSR count). The predicted molar refractivity (Wildman–Crippen MR) is 61.9 cm³/mol. The third-order valence-electron chi connectivity index (χ3n) is 3.13. The van der Waals surface area contributed by atoms with Crippen molar-refractivity contribution in [3.8, 4) is 0 Å². The molecular weight excluding hydrogens is 188 g/mol. The second-order valence-corrected chi connectivity index (χ2v) is 4.45. The summed E-state index contributed by atoms with van der Waals surface area (Å²) in [6.07, 6.45) is 6.37. The molecule has 1 fully saturated rings. The number of rotatable bonds is 4. The summed E-state index contributed by atoms with van der Waals surface area (Å²) in [4.78, 5) is 12.1. The fourth-order valence-electron chi connectivity index (χ4n) is 2.40. The number of ether oxygens (including phenoxy) is 1. The molecule has 0 heterocycles. The molecule has 0 amide bonds. The van der Waals surface area contributed by atoms with E-state index in [4.69, 9.17) is 4.74 Å². The van der Waals surface area contributed by atoms with E-state index in [2.05, 4.69) is 6.58 Å². The fraction of sp³-hybridized carbons (Fsp3) is 0.769. The lowest BCUT2D eigenvalue weighted by molar-refractivity contribution is -0.142. The van der Waals surface area contributed by atoms with Crippen LogP contribution in [0.1, 0.15) is 52.4 Å². The van der Waals surface area contributed by atoms with Crippen molar-refractivity contribution in [2.75, 3.05) is 6.61 Å². The Hall–Kier alpha value is -0.630. The van der Waals surface area contributed by atoms with Gasteiger partial charge in [0.15, 0.2) is 5.78 Å². The van der Waals surface area contributed by atoms with E-state index in [1.165, 1.54) is 12.8 Å². The minimum atomic E-state index is -0.545. The molecule has 0 spiro atoms. The average molecular weight is 210 g/mol. The van der Waals surface area contributed by atoms with Crippen LogP contribution in [0.2, 0.25) is 0 Å². The Balaban J connectivity index is 2.83. The first kappa shape index (κ1) is 12.4. The van der Waals surface area contributed by atoms with Crippen molar-refractivity contribution in [2.24, 2.45) is 0 Å². The molecule has 1 saturated carbocycles. The fourth-order valence-corrected chi connectivity index (χ4v) is 2.40. The van der Waals surface area contributed by atoms with Crippen LogP contribution >= 0.6 is 0 Å². The minimum absolute atomic E-state index is 0.117. The summed E-state index contributed by atoms with van der Waals surface area (Å²) in [7, 11) is 0. The van der Waals surface area contributed by atoms with Gasteiger partial charge in [-0.25, -0.2) is 0 Å². The largest absolute Gasteiger partial charge is 0.367 e. The molecule has 2 heteroatoms. The standard InChI is InChI=1S/C13H22O2/c1-4-15-13(12(14)11(2)3)9-7-5-6-8-10-13/h2,4-10H2,1,3H3. The van der Waals surface area contributed by atoms with Crippen LogP contribution in [0.25, 0.3) is 0 Å². The molecule has 1 aliphatic rings. The van der Waals surface area contributed by atoms with Gasteiger partial charge in [-0.1, -0.05) is 32.3 Å². The summed E-state index contributed by atoms with van der Waals surface area (Å²) in [6, 6.07) is 0. The van der Waals surface area contributed by atoms with E-state index >= 15 is 0 Å². The third-order valence-corrected chi connectivity index (χ3v) is 3.13. The van der Waals surface area contributed by atoms with Gasteiger partial charge < -0.3 is 4.74 Å². The Morgan fingerprint density at radius 1 is 1.27 bits per heavy atom. The second kappa shape index (κ2) is 5.45. The van der Waals surface area contributed by atoms with Gasteiger partial charge in [-0.05, 0) is 32.3 Å². The second-order valence-electron chi connectivity index (χ2n) is 4.45. The normalized spacial score (nSPS) is 20.7. The van der Waals surface area contributed by atoms with Crippen molar-refractivity contribution in [1.29, 1.82) is 0 Å². The van der Waals surface area contributed by atoms with Crippen LogP contribution in [0.15, 0.2) is 12.2 Å². The molecule has 1 aliphatic carbocycles. The monoisotopic (exact) mass is 210 g/mol. The lowest BCUT2D eigenvalue weighted by Gasteiger charge is -2.31. The summed E-state index contributed by atoms with van der Waals surface area (Å²) in [5.41, 5.74) is 0.0854. The lowest BCUT2D eigenvalue weighted by atomic mass is 9.86. The van der Waals surface area contributed by atoms with Crippen LogP contribution in [0.5, 0.6) is 0 Å². The maximum atomic E-state index is 12.1. The molecule has 0 aliphatic heterocycles. The van der Waals surface area contributed by atoms with E-state index in [-0.39, 0.29) is 5.78 Å². The van der Waals surface area contributed by atoms with Crippen LogP contribution in [0.3, 0.4) is 0 Å². The Morgan fingerprint density at radius 2 is 1.80 bits per heavy atom. The molecule has 0 unspecified atom stereocenters. The van der Waals surface area contributed by atoms with Crippen LogP contribution in [-0.2, 0) is 9.53 Å². The molecule has 2 nitrogen and oxygen atoms in total. The maximum Gasteiger partial charge on any atom is 0.189 e. The molecule has 0 radical (unpaired) electrons. The third kappa shape index (κ3) is 2.91. The Bertz CT molecular complexity index is 235. The molecule has 86 valence electrons. The molecule has 0 atom stereocenters. The van der Waals surface area contributed by atoms with Gasteiger partial charge in [-0.3, -0.25) is 4.79 Å². The Labute approximate surface area is 92.7 Å². The first-order valence-electron chi connectivity index (χ1n) is 5.96. The first-order chi connectivity index (χ1) is 7.12. The number of ketones is 1. The molecule has 0 aromatic rings. The summed E-state index contributed by atoms with van der Waals surface area (Å²) in [6.45, 7) is 8.11. The van der Waals surface area contributed by atoms with Crippen LogP contribution < -0.4 is 0 Å². The van der Waals surface area contributed by atoms with Gasteiger partial charge in [0.05, 0.1) is 0 Å². The zero-order valence-corrected chi connectivity index (χ0v) is 9.97. The predicted octanol–water partition coefficient (Wildman–Crippen LogP) is 3.26. The number of Topliss-reactive ketones (excluding diaryl/α,β-unsaturated/α-hetero) is 1. The molecule has 0 N–H and O–H groups in total. The minimum Gasteiger partial charge on any atom is -0.367 e. The number of carbonyl (C=O) groups is 1. The van der Waals surface area contributed by atoms with Gasteiger partial charge in [0.2, 0.25) is 0 Å². The van der Waals surface area contributed by atoms with Crippen LogP contribution in [-0.4, -0.2) is 18.0 Å². The first-order valence-corrected chi connectivity index (χ1v) is 5.96. The molecule has 0 aromatic carbocycles. The highest BCUT2D eigenvalue weighted by atomic mass is 16.5. The maximum absolute atomic E-state index is 12.1. The number of carbonyl (C=O) groups excluding carboxylic acids is 1. The van der Waals surface area contributed by atoms with Crippen molar-refractivity contribution in [1.82, 2.24) is 0 Å². The molecular formula is C13H22O2. The van der Waals surface area contributed by atoms with Crippen molar-refractivity contribution < 1.29 is 9.53 Å². The zero-order valence-electron chi connectivity index (χ0n) is 9.97. The number of hydrogen-bond acceptors (Lipinski definition) is 2. The van der Waals surface area contributed by atoms with Gasteiger partial charge in [-0.2, -0.15) is 0 Å². The van der Waals surface area contributed by atoms with E-state index in [1.54, 1.807) is 6.92 Å².